The second-order valence-corrected chi connectivity index (χ2v) is 3.76. The third-order valence-electron chi connectivity index (χ3n) is 2.80. The van der Waals surface area contributed by atoms with Crippen LogP contribution in [0.2, 0.25) is 0 Å². The fourth-order valence-corrected chi connectivity index (χ4v) is 2.05. The fourth-order valence-electron chi connectivity index (χ4n) is 2.05. The monoisotopic (exact) mass is 186 g/mol. The largest absolute Gasteiger partial charge is 0.391 e. The minimum Gasteiger partial charge on any atom is -0.391 e. The molecular formula is C10H22N2O. The fraction of sp³-hybridized carbons (Fsp3) is 1.00. The van der Waals surface area contributed by atoms with Crippen LogP contribution in [0.15, 0.2) is 0 Å². The van der Waals surface area contributed by atoms with Crippen LogP contribution in [0.1, 0.15) is 26.7 Å². The van der Waals surface area contributed by atoms with Gasteiger partial charge in [-0.2, -0.15) is 0 Å². The average molecular weight is 186 g/mol. The van der Waals surface area contributed by atoms with Crippen molar-refractivity contribution >= 4 is 0 Å². The van der Waals surface area contributed by atoms with E-state index in [0.717, 1.165) is 39.0 Å². The van der Waals surface area contributed by atoms with Crippen LogP contribution in [0.3, 0.4) is 0 Å². The first-order valence-electron chi connectivity index (χ1n) is 5.42. The van der Waals surface area contributed by atoms with Crippen molar-refractivity contribution in [2.75, 3.05) is 26.2 Å². The number of hydrogen-bond acceptors (Lipinski definition) is 3. The van der Waals surface area contributed by atoms with E-state index in [1.165, 1.54) is 0 Å². The highest BCUT2D eigenvalue weighted by atomic mass is 16.3. The number of likely N-dealkylation sites (N-methyl/N-ethyl adjacent to an activating group) is 1. The molecule has 1 saturated heterocycles. The summed E-state index contributed by atoms with van der Waals surface area (Å²) in [6, 6.07) is 0.332. The van der Waals surface area contributed by atoms with E-state index < -0.39 is 0 Å². The summed E-state index contributed by atoms with van der Waals surface area (Å²) >= 11 is 0. The van der Waals surface area contributed by atoms with Crippen molar-refractivity contribution in [1.29, 1.82) is 0 Å². The van der Waals surface area contributed by atoms with Crippen LogP contribution in [0.4, 0.5) is 0 Å². The molecule has 2 unspecified atom stereocenters. The van der Waals surface area contributed by atoms with E-state index in [4.69, 9.17) is 0 Å². The van der Waals surface area contributed by atoms with Crippen LogP contribution < -0.4 is 5.32 Å². The number of nitrogens with one attached hydrogen (secondary N) is 1. The lowest BCUT2D eigenvalue weighted by Gasteiger charge is -2.37. The predicted octanol–water partition coefficient (Wildman–Crippen LogP) is 0.441. The van der Waals surface area contributed by atoms with E-state index >= 15 is 0 Å². The lowest BCUT2D eigenvalue weighted by atomic mass is 10.0. The molecule has 78 valence electrons. The Kier molecular flexibility index (Phi) is 4.70. The van der Waals surface area contributed by atoms with E-state index in [1.807, 2.05) is 0 Å². The molecule has 3 heteroatoms. The molecule has 0 bridgehead atoms. The van der Waals surface area contributed by atoms with Crippen molar-refractivity contribution in [1.82, 2.24) is 10.2 Å². The number of aliphatic hydroxyl groups excluding tert-OH is 1. The van der Waals surface area contributed by atoms with Gasteiger partial charge >= 0.3 is 0 Å². The van der Waals surface area contributed by atoms with Gasteiger partial charge in [-0.3, -0.25) is 4.90 Å². The van der Waals surface area contributed by atoms with Crippen LogP contribution in [-0.2, 0) is 0 Å². The normalized spacial score (nSPS) is 29.5. The molecule has 2 N–H and O–H groups in total. The van der Waals surface area contributed by atoms with E-state index in [-0.39, 0.29) is 6.10 Å². The second-order valence-electron chi connectivity index (χ2n) is 3.76. The van der Waals surface area contributed by atoms with Gasteiger partial charge in [0.05, 0.1) is 6.10 Å². The summed E-state index contributed by atoms with van der Waals surface area (Å²) in [6.45, 7) is 8.38. The summed E-state index contributed by atoms with van der Waals surface area (Å²) in [6.07, 6.45) is 1.93. The maximum atomic E-state index is 9.82. The molecular weight excluding hydrogens is 164 g/mol. The van der Waals surface area contributed by atoms with Gasteiger partial charge in [0.1, 0.15) is 0 Å². The summed E-state index contributed by atoms with van der Waals surface area (Å²) in [4.78, 5) is 2.37. The number of piperidine rings is 1. The number of hydrogen-bond donors (Lipinski definition) is 2. The maximum absolute atomic E-state index is 9.82. The van der Waals surface area contributed by atoms with Crippen LogP contribution in [0.25, 0.3) is 0 Å². The quantitative estimate of drug-likeness (QED) is 0.669. The zero-order valence-corrected chi connectivity index (χ0v) is 8.79. The Hall–Kier alpha value is -0.120. The summed E-state index contributed by atoms with van der Waals surface area (Å²) < 4.78 is 0. The van der Waals surface area contributed by atoms with Gasteiger partial charge in [0.25, 0.3) is 0 Å². The van der Waals surface area contributed by atoms with Crippen LogP contribution in [0, 0.1) is 0 Å². The van der Waals surface area contributed by atoms with E-state index in [0.29, 0.717) is 6.04 Å². The topological polar surface area (TPSA) is 35.5 Å². The minimum absolute atomic E-state index is 0.132. The standard InChI is InChI=1S/C10H22N2O/c1-3-7-12(4-2)9-8-11-6-5-10(9)13/h9-11,13H,3-8H2,1-2H3. The van der Waals surface area contributed by atoms with Crippen molar-refractivity contribution in [2.45, 2.75) is 38.8 Å². The molecule has 0 aliphatic carbocycles. The van der Waals surface area contributed by atoms with Crippen LogP contribution >= 0.6 is 0 Å². The highest BCUT2D eigenvalue weighted by molar-refractivity contribution is 4.84. The average Bonchev–Trinajstić information content (AvgIpc) is 2.16. The third kappa shape index (κ3) is 2.93. The van der Waals surface area contributed by atoms with Crippen molar-refractivity contribution < 1.29 is 5.11 Å². The van der Waals surface area contributed by atoms with Gasteiger partial charge in [-0.15, -0.1) is 0 Å². The first-order chi connectivity index (χ1) is 6.29. The molecule has 0 aromatic carbocycles. The van der Waals surface area contributed by atoms with Crippen molar-refractivity contribution in [2.24, 2.45) is 0 Å². The van der Waals surface area contributed by atoms with Crippen molar-refractivity contribution in [3.8, 4) is 0 Å². The van der Waals surface area contributed by atoms with Crippen molar-refractivity contribution in [3.63, 3.8) is 0 Å². The smallest absolute Gasteiger partial charge is 0.0719 e. The van der Waals surface area contributed by atoms with Gasteiger partial charge < -0.3 is 10.4 Å². The van der Waals surface area contributed by atoms with Crippen LogP contribution in [-0.4, -0.2) is 48.3 Å². The Balaban J connectivity index is 2.44. The Morgan fingerprint density at radius 3 is 2.77 bits per heavy atom. The highest BCUT2D eigenvalue weighted by Gasteiger charge is 2.26. The van der Waals surface area contributed by atoms with E-state index in [1.54, 1.807) is 0 Å². The summed E-state index contributed by atoms with van der Waals surface area (Å²) in [5.74, 6) is 0. The molecule has 0 spiro atoms. The molecule has 0 aromatic rings. The Morgan fingerprint density at radius 1 is 1.46 bits per heavy atom. The minimum atomic E-state index is -0.132. The Morgan fingerprint density at radius 2 is 2.23 bits per heavy atom. The molecule has 1 aliphatic heterocycles. The van der Waals surface area contributed by atoms with E-state index in [9.17, 15) is 5.11 Å². The summed E-state index contributed by atoms with van der Waals surface area (Å²) in [7, 11) is 0. The maximum Gasteiger partial charge on any atom is 0.0719 e. The molecule has 1 heterocycles. The Bertz CT molecular complexity index is 141. The zero-order valence-electron chi connectivity index (χ0n) is 8.79. The molecule has 3 nitrogen and oxygen atoms in total. The molecule has 1 fully saturated rings. The number of nitrogens with zero attached hydrogens (tertiary/aromatic N) is 1. The lowest BCUT2D eigenvalue weighted by Crippen LogP contribution is -2.54. The first kappa shape index (κ1) is 11.0. The second kappa shape index (κ2) is 5.58. The van der Waals surface area contributed by atoms with Crippen molar-refractivity contribution in [3.05, 3.63) is 0 Å². The highest BCUT2D eigenvalue weighted by Crippen LogP contribution is 2.11. The summed E-state index contributed by atoms with van der Waals surface area (Å²) in [5, 5.41) is 13.2. The molecule has 0 aromatic heterocycles. The molecule has 2 atom stereocenters. The van der Waals surface area contributed by atoms with Gasteiger partial charge in [0.15, 0.2) is 0 Å². The SMILES string of the molecule is CCCN(CC)C1CNCCC1O. The molecule has 1 rings (SSSR count). The molecule has 1 aliphatic rings. The third-order valence-corrected chi connectivity index (χ3v) is 2.80. The van der Waals surface area contributed by atoms with Gasteiger partial charge in [-0.05, 0) is 32.5 Å². The van der Waals surface area contributed by atoms with Gasteiger partial charge in [0.2, 0.25) is 0 Å². The van der Waals surface area contributed by atoms with E-state index in [2.05, 4.69) is 24.1 Å². The predicted molar refractivity (Wildman–Crippen MR) is 54.8 cm³/mol. The molecule has 0 radical (unpaired) electrons. The zero-order chi connectivity index (χ0) is 9.68. The molecule has 0 saturated carbocycles. The van der Waals surface area contributed by atoms with Crippen LogP contribution in [0.5, 0.6) is 0 Å². The summed E-state index contributed by atoms with van der Waals surface area (Å²) in [5.41, 5.74) is 0. The van der Waals surface area contributed by atoms with Gasteiger partial charge in [-0.1, -0.05) is 13.8 Å². The van der Waals surface area contributed by atoms with Gasteiger partial charge in [-0.25, -0.2) is 0 Å². The number of rotatable bonds is 4. The number of aliphatic hydroxyl groups is 1. The molecule has 13 heavy (non-hydrogen) atoms. The van der Waals surface area contributed by atoms with Gasteiger partial charge in [0, 0.05) is 12.6 Å². The molecule has 0 amide bonds. The Labute approximate surface area is 81.1 Å². The lowest BCUT2D eigenvalue weighted by molar-refractivity contribution is 0.0306. The first-order valence-corrected chi connectivity index (χ1v) is 5.42.